The molecule has 14 heavy (non-hydrogen) atoms. The van der Waals surface area contributed by atoms with Gasteiger partial charge in [-0.05, 0) is 26.3 Å². The van der Waals surface area contributed by atoms with Crippen LogP contribution in [-0.4, -0.2) is 36.5 Å². The summed E-state index contributed by atoms with van der Waals surface area (Å²) in [5.41, 5.74) is -0.697. The number of nitrogens with one attached hydrogen (secondary N) is 1. The van der Waals surface area contributed by atoms with E-state index < -0.39 is 5.60 Å². The zero-order valence-corrected chi connectivity index (χ0v) is 9.97. The van der Waals surface area contributed by atoms with Crippen LogP contribution in [0.1, 0.15) is 40.5 Å². The number of ether oxygens (including phenoxy) is 1. The average Bonchev–Trinajstić information content (AvgIpc) is 2.03. The Morgan fingerprint density at radius 3 is 2.57 bits per heavy atom. The second-order valence-corrected chi connectivity index (χ2v) is 4.41. The lowest BCUT2D eigenvalue weighted by atomic mass is 10.0. The van der Waals surface area contributed by atoms with Gasteiger partial charge in [0.15, 0.2) is 0 Å². The maximum atomic E-state index is 9.89. The van der Waals surface area contributed by atoms with Gasteiger partial charge in [0.05, 0.1) is 12.2 Å². The molecule has 0 bridgehead atoms. The van der Waals surface area contributed by atoms with Crippen molar-refractivity contribution in [2.24, 2.45) is 0 Å². The van der Waals surface area contributed by atoms with E-state index in [-0.39, 0.29) is 0 Å². The first-order valence-corrected chi connectivity index (χ1v) is 5.51. The fourth-order valence-corrected chi connectivity index (χ4v) is 1.14. The summed E-state index contributed by atoms with van der Waals surface area (Å²) in [6.07, 6.45) is 1.73. The lowest BCUT2D eigenvalue weighted by Crippen LogP contribution is -2.36. The zero-order chi connectivity index (χ0) is 11.0. The molecule has 0 aromatic rings. The van der Waals surface area contributed by atoms with Gasteiger partial charge in [-0.2, -0.15) is 0 Å². The van der Waals surface area contributed by atoms with E-state index in [0.29, 0.717) is 12.6 Å². The molecule has 0 saturated carbocycles. The van der Waals surface area contributed by atoms with Gasteiger partial charge in [-0.15, -0.1) is 0 Å². The van der Waals surface area contributed by atoms with Crippen molar-refractivity contribution in [3.63, 3.8) is 0 Å². The van der Waals surface area contributed by atoms with Crippen molar-refractivity contribution < 1.29 is 9.84 Å². The molecular weight excluding hydrogens is 178 g/mol. The Kier molecular flexibility index (Phi) is 7.15. The smallest absolute Gasteiger partial charge is 0.0864 e. The normalized spacial score (nSPS) is 15.9. The molecule has 1 unspecified atom stereocenters. The Balaban J connectivity index is 3.50. The summed E-state index contributed by atoms with van der Waals surface area (Å²) in [6, 6.07) is 0.474. The fourth-order valence-electron chi connectivity index (χ4n) is 1.14. The zero-order valence-electron chi connectivity index (χ0n) is 9.97. The predicted molar refractivity (Wildman–Crippen MR) is 59.5 cm³/mol. The quantitative estimate of drug-likeness (QED) is 0.588. The van der Waals surface area contributed by atoms with E-state index in [4.69, 9.17) is 4.74 Å². The molecule has 0 spiro atoms. The second-order valence-electron chi connectivity index (χ2n) is 4.41. The van der Waals surface area contributed by atoms with Crippen molar-refractivity contribution in [3.8, 4) is 0 Å². The van der Waals surface area contributed by atoms with Crippen LogP contribution in [0.5, 0.6) is 0 Å². The molecule has 0 aliphatic heterocycles. The maximum absolute atomic E-state index is 9.89. The van der Waals surface area contributed by atoms with Gasteiger partial charge in [-0.3, -0.25) is 0 Å². The van der Waals surface area contributed by atoms with E-state index in [0.717, 1.165) is 26.0 Å². The molecular formula is C11H25NO2. The lowest BCUT2D eigenvalue weighted by molar-refractivity contribution is -0.0382. The fraction of sp³-hybridized carbons (Fsp3) is 1.00. The molecule has 0 saturated heterocycles. The highest BCUT2D eigenvalue weighted by atomic mass is 16.5. The van der Waals surface area contributed by atoms with Crippen LogP contribution < -0.4 is 5.32 Å². The highest BCUT2D eigenvalue weighted by Gasteiger charge is 2.19. The summed E-state index contributed by atoms with van der Waals surface area (Å²) >= 11 is 0. The summed E-state index contributed by atoms with van der Waals surface area (Å²) in [5, 5.41) is 13.2. The SMILES string of the molecule is CCCOCC(C)(O)CCNC(C)C. The second kappa shape index (κ2) is 7.21. The first kappa shape index (κ1) is 13.9. The molecule has 0 aromatic carbocycles. The van der Waals surface area contributed by atoms with E-state index in [1.54, 1.807) is 0 Å². The monoisotopic (exact) mass is 203 g/mol. The van der Waals surface area contributed by atoms with E-state index in [1.807, 2.05) is 6.92 Å². The molecule has 86 valence electrons. The summed E-state index contributed by atoms with van der Waals surface area (Å²) in [6.45, 7) is 10.1. The third-order valence-electron chi connectivity index (χ3n) is 1.98. The van der Waals surface area contributed by atoms with E-state index in [2.05, 4.69) is 26.1 Å². The van der Waals surface area contributed by atoms with Gasteiger partial charge in [-0.1, -0.05) is 20.8 Å². The summed E-state index contributed by atoms with van der Waals surface area (Å²) < 4.78 is 5.33. The number of hydrogen-bond donors (Lipinski definition) is 2. The molecule has 1 atom stereocenters. The van der Waals surface area contributed by atoms with E-state index >= 15 is 0 Å². The van der Waals surface area contributed by atoms with Gasteiger partial charge < -0.3 is 15.2 Å². The van der Waals surface area contributed by atoms with Gasteiger partial charge in [0.25, 0.3) is 0 Å². The molecule has 2 N–H and O–H groups in total. The molecule has 0 radical (unpaired) electrons. The number of aliphatic hydroxyl groups is 1. The minimum atomic E-state index is -0.697. The topological polar surface area (TPSA) is 41.5 Å². The van der Waals surface area contributed by atoms with Crippen LogP contribution >= 0.6 is 0 Å². The van der Waals surface area contributed by atoms with Gasteiger partial charge >= 0.3 is 0 Å². The molecule has 0 amide bonds. The molecule has 0 aliphatic rings. The van der Waals surface area contributed by atoms with Crippen LogP contribution in [-0.2, 0) is 4.74 Å². The van der Waals surface area contributed by atoms with Crippen LogP contribution in [0, 0.1) is 0 Å². The summed E-state index contributed by atoms with van der Waals surface area (Å²) in [4.78, 5) is 0. The average molecular weight is 203 g/mol. The van der Waals surface area contributed by atoms with Crippen LogP contribution in [0.15, 0.2) is 0 Å². The Morgan fingerprint density at radius 1 is 1.43 bits per heavy atom. The summed E-state index contributed by atoms with van der Waals surface area (Å²) in [5.74, 6) is 0. The Hall–Kier alpha value is -0.120. The first-order chi connectivity index (χ1) is 6.48. The molecule has 0 aliphatic carbocycles. The van der Waals surface area contributed by atoms with Crippen LogP contribution in [0.25, 0.3) is 0 Å². The molecule has 0 aromatic heterocycles. The standard InChI is InChI=1S/C11H25NO2/c1-5-8-14-9-11(4,13)6-7-12-10(2)3/h10,12-13H,5-9H2,1-4H3. The van der Waals surface area contributed by atoms with Crippen molar-refractivity contribution in [3.05, 3.63) is 0 Å². The minimum absolute atomic E-state index is 0.431. The van der Waals surface area contributed by atoms with Crippen molar-refractivity contribution in [1.29, 1.82) is 0 Å². The first-order valence-electron chi connectivity index (χ1n) is 5.51. The minimum Gasteiger partial charge on any atom is -0.388 e. The van der Waals surface area contributed by atoms with E-state index in [9.17, 15) is 5.11 Å². The Morgan fingerprint density at radius 2 is 2.07 bits per heavy atom. The van der Waals surface area contributed by atoms with Crippen molar-refractivity contribution in [2.45, 2.75) is 52.2 Å². The van der Waals surface area contributed by atoms with Crippen LogP contribution in [0.3, 0.4) is 0 Å². The maximum Gasteiger partial charge on any atom is 0.0864 e. The molecule has 0 heterocycles. The Bertz CT molecular complexity index is 135. The summed E-state index contributed by atoms with van der Waals surface area (Å²) in [7, 11) is 0. The van der Waals surface area contributed by atoms with Crippen molar-refractivity contribution >= 4 is 0 Å². The van der Waals surface area contributed by atoms with Gasteiger partial charge in [0, 0.05) is 12.6 Å². The van der Waals surface area contributed by atoms with Crippen LogP contribution in [0.2, 0.25) is 0 Å². The van der Waals surface area contributed by atoms with Crippen molar-refractivity contribution in [2.75, 3.05) is 19.8 Å². The lowest BCUT2D eigenvalue weighted by Gasteiger charge is -2.23. The van der Waals surface area contributed by atoms with Gasteiger partial charge in [0.2, 0.25) is 0 Å². The third-order valence-corrected chi connectivity index (χ3v) is 1.98. The third kappa shape index (κ3) is 8.48. The number of hydrogen-bond acceptors (Lipinski definition) is 3. The largest absolute Gasteiger partial charge is 0.388 e. The van der Waals surface area contributed by atoms with Gasteiger partial charge in [-0.25, -0.2) is 0 Å². The molecule has 3 nitrogen and oxygen atoms in total. The predicted octanol–water partition coefficient (Wildman–Crippen LogP) is 1.55. The van der Waals surface area contributed by atoms with Crippen LogP contribution in [0.4, 0.5) is 0 Å². The Labute approximate surface area is 87.8 Å². The van der Waals surface area contributed by atoms with Gasteiger partial charge in [0.1, 0.15) is 0 Å². The highest BCUT2D eigenvalue weighted by Crippen LogP contribution is 2.09. The molecule has 0 fully saturated rings. The number of rotatable bonds is 8. The highest BCUT2D eigenvalue weighted by molar-refractivity contribution is 4.73. The van der Waals surface area contributed by atoms with Crippen molar-refractivity contribution in [1.82, 2.24) is 5.32 Å². The molecule has 0 rings (SSSR count). The van der Waals surface area contributed by atoms with E-state index in [1.165, 1.54) is 0 Å². The molecule has 3 heteroatoms.